The third kappa shape index (κ3) is 4.21. The van der Waals surface area contributed by atoms with E-state index in [4.69, 9.17) is 10.2 Å². The second-order valence-electron chi connectivity index (χ2n) is 5.16. The first-order valence-corrected chi connectivity index (χ1v) is 7.81. The molecule has 20 heavy (non-hydrogen) atoms. The second-order valence-corrected chi connectivity index (χ2v) is 6.72. The van der Waals surface area contributed by atoms with Crippen LogP contribution in [-0.2, 0) is 10.0 Å². The third-order valence-electron chi connectivity index (χ3n) is 3.30. The Kier molecular flexibility index (Phi) is 5.13. The summed E-state index contributed by atoms with van der Waals surface area (Å²) in [5.41, 5.74) is 0.282. The summed E-state index contributed by atoms with van der Waals surface area (Å²) in [5.74, 6) is -0.385. The normalized spacial score (nSPS) is 13.2. The molecule has 0 aliphatic heterocycles. The first-order chi connectivity index (χ1) is 9.12. The van der Waals surface area contributed by atoms with Crippen molar-refractivity contribution in [1.29, 1.82) is 0 Å². The van der Waals surface area contributed by atoms with Crippen LogP contribution in [0.5, 0.6) is 0 Å². The van der Waals surface area contributed by atoms with Crippen LogP contribution in [-0.4, -0.2) is 26.0 Å². The molecule has 1 atom stereocenters. The zero-order chi connectivity index (χ0) is 15.5. The number of aromatic carboxylic acids is 1. The minimum absolute atomic E-state index is 0.104. The molecule has 0 aliphatic rings. The number of nitrogens with one attached hydrogen (secondary N) is 1. The van der Waals surface area contributed by atoms with Crippen molar-refractivity contribution < 1.29 is 18.3 Å². The van der Waals surface area contributed by atoms with Crippen LogP contribution < -0.4 is 10.5 Å². The van der Waals surface area contributed by atoms with Gasteiger partial charge in [0.2, 0.25) is 10.0 Å². The number of nitrogens with two attached hydrogens (primary N) is 1. The highest BCUT2D eigenvalue weighted by molar-refractivity contribution is 7.89. The van der Waals surface area contributed by atoms with Crippen molar-refractivity contribution in [2.24, 2.45) is 17.0 Å². The lowest BCUT2D eigenvalue weighted by molar-refractivity contribution is 0.0697. The first-order valence-electron chi connectivity index (χ1n) is 6.27. The topological polar surface area (TPSA) is 109 Å². The lowest BCUT2D eigenvalue weighted by atomic mass is 9.98. The number of hydrogen-bond donors (Lipinski definition) is 3. The van der Waals surface area contributed by atoms with Crippen LogP contribution in [0.15, 0.2) is 23.1 Å². The lowest BCUT2D eigenvalue weighted by Crippen LogP contribution is -2.18. The number of carboxylic acids is 1. The molecule has 4 N–H and O–H groups in total. The fourth-order valence-corrected chi connectivity index (χ4v) is 2.08. The van der Waals surface area contributed by atoms with E-state index in [0.717, 1.165) is 6.07 Å². The smallest absolute Gasteiger partial charge is 0.337 e. The van der Waals surface area contributed by atoms with Crippen molar-refractivity contribution in [3.63, 3.8) is 0 Å². The summed E-state index contributed by atoms with van der Waals surface area (Å²) in [6.07, 6.45) is 0. The SMILES string of the molecule is CC(C)C(C)CNc1ccc(S(N)(=O)=O)cc1C(=O)O. The largest absolute Gasteiger partial charge is 0.478 e. The molecule has 0 fully saturated rings. The molecule has 112 valence electrons. The number of sulfonamides is 1. The molecule has 0 radical (unpaired) electrons. The van der Waals surface area contributed by atoms with Gasteiger partial charge in [-0.15, -0.1) is 0 Å². The third-order valence-corrected chi connectivity index (χ3v) is 4.21. The van der Waals surface area contributed by atoms with Crippen molar-refractivity contribution in [3.05, 3.63) is 23.8 Å². The quantitative estimate of drug-likeness (QED) is 0.741. The fraction of sp³-hybridized carbons (Fsp3) is 0.462. The number of carbonyl (C=O) groups is 1. The van der Waals surface area contributed by atoms with Crippen molar-refractivity contribution in [1.82, 2.24) is 0 Å². The van der Waals surface area contributed by atoms with E-state index in [-0.39, 0.29) is 10.5 Å². The van der Waals surface area contributed by atoms with Crippen LogP contribution in [0.2, 0.25) is 0 Å². The maximum atomic E-state index is 11.2. The van der Waals surface area contributed by atoms with Crippen molar-refractivity contribution >= 4 is 21.7 Å². The first kappa shape index (κ1) is 16.5. The Morgan fingerprint density at radius 3 is 2.40 bits per heavy atom. The van der Waals surface area contributed by atoms with Gasteiger partial charge in [0.15, 0.2) is 0 Å². The van der Waals surface area contributed by atoms with Gasteiger partial charge in [0.25, 0.3) is 0 Å². The lowest BCUT2D eigenvalue weighted by Gasteiger charge is -2.18. The van der Waals surface area contributed by atoms with Gasteiger partial charge in [-0.05, 0) is 30.0 Å². The number of hydrogen-bond acceptors (Lipinski definition) is 4. The van der Waals surface area contributed by atoms with E-state index >= 15 is 0 Å². The Morgan fingerprint density at radius 1 is 1.35 bits per heavy atom. The number of carboxylic acid groups (broad SMARTS) is 1. The minimum atomic E-state index is -3.91. The minimum Gasteiger partial charge on any atom is -0.478 e. The number of primary sulfonamides is 1. The molecule has 0 bridgehead atoms. The van der Waals surface area contributed by atoms with Crippen LogP contribution >= 0.6 is 0 Å². The summed E-state index contributed by atoms with van der Waals surface area (Å²) >= 11 is 0. The second kappa shape index (κ2) is 6.23. The summed E-state index contributed by atoms with van der Waals surface area (Å²) in [7, 11) is -3.91. The summed E-state index contributed by atoms with van der Waals surface area (Å²) < 4.78 is 22.5. The highest BCUT2D eigenvalue weighted by Gasteiger charge is 2.16. The van der Waals surface area contributed by atoms with E-state index in [9.17, 15) is 13.2 Å². The van der Waals surface area contributed by atoms with Gasteiger partial charge in [-0.2, -0.15) is 0 Å². The average Bonchev–Trinajstić information content (AvgIpc) is 2.34. The van der Waals surface area contributed by atoms with Gasteiger partial charge in [0.05, 0.1) is 10.5 Å². The summed E-state index contributed by atoms with van der Waals surface area (Å²) in [5, 5.41) is 17.2. The van der Waals surface area contributed by atoms with Crippen LogP contribution in [0.25, 0.3) is 0 Å². The molecule has 0 heterocycles. The van der Waals surface area contributed by atoms with Gasteiger partial charge in [0.1, 0.15) is 0 Å². The average molecular weight is 300 g/mol. The Labute approximate surface area is 119 Å². The van der Waals surface area contributed by atoms with Gasteiger partial charge in [-0.25, -0.2) is 18.4 Å². The molecule has 0 amide bonds. The summed E-state index contributed by atoms with van der Waals surface area (Å²) in [4.78, 5) is 11.0. The standard InChI is InChI=1S/C13H20N2O4S/c1-8(2)9(3)7-15-12-5-4-10(20(14,18)19)6-11(12)13(16)17/h4-6,8-9,15H,7H2,1-3H3,(H,16,17)(H2,14,18,19). The Bertz CT molecular complexity index is 596. The Morgan fingerprint density at radius 2 is 1.95 bits per heavy atom. The van der Waals surface area contributed by atoms with E-state index in [2.05, 4.69) is 26.1 Å². The molecular weight excluding hydrogens is 280 g/mol. The van der Waals surface area contributed by atoms with Crippen LogP contribution in [0.4, 0.5) is 5.69 Å². The number of anilines is 1. The molecule has 0 saturated carbocycles. The molecule has 0 spiro atoms. The predicted molar refractivity (Wildman–Crippen MR) is 77.3 cm³/mol. The molecular formula is C13H20N2O4S. The van der Waals surface area contributed by atoms with Crippen LogP contribution in [0, 0.1) is 11.8 Å². The van der Waals surface area contributed by atoms with E-state index < -0.39 is 16.0 Å². The Balaban J connectivity index is 3.06. The van der Waals surface area contributed by atoms with Gasteiger partial charge >= 0.3 is 5.97 Å². The predicted octanol–water partition coefficient (Wildman–Crippen LogP) is 1.74. The highest BCUT2D eigenvalue weighted by Crippen LogP contribution is 2.21. The molecule has 1 aromatic carbocycles. The summed E-state index contributed by atoms with van der Waals surface area (Å²) in [6.45, 7) is 6.81. The molecule has 1 rings (SSSR count). The van der Waals surface area contributed by atoms with Gasteiger partial charge in [-0.1, -0.05) is 20.8 Å². The number of benzene rings is 1. The highest BCUT2D eigenvalue weighted by atomic mass is 32.2. The molecule has 7 heteroatoms. The maximum Gasteiger partial charge on any atom is 0.337 e. The van der Waals surface area contributed by atoms with Crippen LogP contribution in [0.1, 0.15) is 31.1 Å². The van der Waals surface area contributed by atoms with Gasteiger partial charge in [0, 0.05) is 12.2 Å². The van der Waals surface area contributed by atoms with Gasteiger partial charge in [-0.3, -0.25) is 0 Å². The molecule has 0 saturated heterocycles. The fourth-order valence-electron chi connectivity index (χ4n) is 1.54. The van der Waals surface area contributed by atoms with Crippen LogP contribution in [0.3, 0.4) is 0 Å². The molecule has 0 aromatic heterocycles. The summed E-state index contributed by atoms with van der Waals surface area (Å²) in [6, 6.07) is 3.79. The van der Waals surface area contributed by atoms with Gasteiger partial charge < -0.3 is 10.4 Å². The van der Waals surface area contributed by atoms with E-state index in [1.165, 1.54) is 12.1 Å². The number of rotatable bonds is 6. The monoisotopic (exact) mass is 300 g/mol. The Hall–Kier alpha value is -1.60. The van der Waals surface area contributed by atoms with E-state index in [1.807, 2.05) is 0 Å². The van der Waals surface area contributed by atoms with E-state index in [1.54, 1.807) is 0 Å². The van der Waals surface area contributed by atoms with Crippen molar-refractivity contribution in [2.45, 2.75) is 25.7 Å². The van der Waals surface area contributed by atoms with E-state index in [0.29, 0.717) is 24.1 Å². The molecule has 0 aliphatic carbocycles. The molecule has 1 unspecified atom stereocenters. The zero-order valence-electron chi connectivity index (χ0n) is 11.8. The maximum absolute atomic E-state index is 11.2. The zero-order valence-corrected chi connectivity index (χ0v) is 12.6. The van der Waals surface area contributed by atoms with Crippen molar-refractivity contribution in [2.75, 3.05) is 11.9 Å². The van der Waals surface area contributed by atoms with Crippen molar-refractivity contribution in [3.8, 4) is 0 Å². The molecule has 1 aromatic rings. The molecule has 6 nitrogen and oxygen atoms in total.